The van der Waals surface area contributed by atoms with E-state index in [-0.39, 0.29) is 5.82 Å². The Balaban J connectivity index is 1.94. The highest BCUT2D eigenvalue weighted by molar-refractivity contribution is 9.10. The monoisotopic (exact) mass is 336 g/mol. The van der Waals surface area contributed by atoms with E-state index < -0.39 is 0 Å². The molecule has 5 heteroatoms. The molecule has 96 valence electrons. The number of thiazole rings is 1. The summed E-state index contributed by atoms with van der Waals surface area (Å²) in [5.41, 5.74) is 2.85. The van der Waals surface area contributed by atoms with E-state index in [0.29, 0.717) is 10.2 Å². The second-order valence-corrected chi connectivity index (χ2v) is 6.13. The first-order valence-electron chi connectivity index (χ1n) is 5.71. The van der Waals surface area contributed by atoms with E-state index in [4.69, 9.17) is 0 Å². The summed E-state index contributed by atoms with van der Waals surface area (Å²) in [5.74, 6) is -0.290. The first kappa shape index (κ1) is 12.6. The molecule has 0 spiro atoms. The van der Waals surface area contributed by atoms with Gasteiger partial charge in [0.15, 0.2) is 5.13 Å². The third kappa shape index (κ3) is 2.62. The SMILES string of the molecule is Cc1ccc2nc(Nc3ccc(Br)c(F)c3)sc2c1. The molecule has 0 fully saturated rings. The second kappa shape index (κ2) is 4.90. The number of benzene rings is 2. The van der Waals surface area contributed by atoms with Gasteiger partial charge in [0.25, 0.3) is 0 Å². The number of halogens is 2. The van der Waals surface area contributed by atoms with Gasteiger partial charge in [-0.1, -0.05) is 17.4 Å². The summed E-state index contributed by atoms with van der Waals surface area (Å²) in [6.07, 6.45) is 0. The first-order valence-corrected chi connectivity index (χ1v) is 7.32. The van der Waals surface area contributed by atoms with Crippen molar-refractivity contribution in [2.24, 2.45) is 0 Å². The number of fused-ring (bicyclic) bond motifs is 1. The van der Waals surface area contributed by atoms with Crippen LogP contribution in [-0.4, -0.2) is 4.98 Å². The van der Waals surface area contributed by atoms with Crippen LogP contribution in [0.1, 0.15) is 5.56 Å². The quantitative estimate of drug-likeness (QED) is 0.691. The van der Waals surface area contributed by atoms with Crippen LogP contribution < -0.4 is 5.32 Å². The van der Waals surface area contributed by atoms with Gasteiger partial charge >= 0.3 is 0 Å². The van der Waals surface area contributed by atoms with Crippen LogP contribution in [0, 0.1) is 12.7 Å². The Morgan fingerprint density at radius 1 is 1.21 bits per heavy atom. The predicted octanol–water partition coefficient (Wildman–Crippen LogP) is 5.25. The zero-order chi connectivity index (χ0) is 13.4. The summed E-state index contributed by atoms with van der Waals surface area (Å²) >= 11 is 4.70. The van der Waals surface area contributed by atoms with Crippen molar-refractivity contribution in [1.82, 2.24) is 4.98 Å². The summed E-state index contributed by atoms with van der Waals surface area (Å²) < 4.78 is 15.0. The maximum absolute atomic E-state index is 13.4. The molecule has 0 aliphatic heterocycles. The number of nitrogens with zero attached hydrogens (tertiary/aromatic N) is 1. The fraction of sp³-hybridized carbons (Fsp3) is 0.0714. The molecule has 2 nitrogen and oxygen atoms in total. The molecule has 0 aliphatic carbocycles. The van der Waals surface area contributed by atoms with E-state index >= 15 is 0 Å². The van der Waals surface area contributed by atoms with Gasteiger partial charge in [0.2, 0.25) is 0 Å². The Morgan fingerprint density at radius 3 is 2.84 bits per heavy atom. The highest BCUT2D eigenvalue weighted by Crippen LogP contribution is 2.29. The maximum atomic E-state index is 13.4. The molecule has 0 unspecified atom stereocenters. The van der Waals surface area contributed by atoms with Crippen LogP contribution in [0.5, 0.6) is 0 Å². The van der Waals surface area contributed by atoms with Gasteiger partial charge in [0.1, 0.15) is 5.82 Å². The average molecular weight is 337 g/mol. The minimum Gasteiger partial charge on any atom is -0.331 e. The van der Waals surface area contributed by atoms with E-state index in [9.17, 15) is 4.39 Å². The number of aromatic nitrogens is 1. The van der Waals surface area contributed by atoms with Crippen LogP contribution in [0.2, 0.25) is 0 Å². The molecular weight excluding hydrogens is 327 g/mol. The lowest BCUT2D eigenvalue weighted by Gasteiger charge is -2.02. The number of hydrogen-bond donors (Lipinski definition) is 1. The Morgan fingerprint density at radius 2 is 2.05 bits per heavy atom. The molecule has 19 heavy (non-hydrogen) atoms. The maximum Gasteiger partial charge on any atom is 0.188 e. The molecule has 2 aromatic carbocycles. The van der Waals surface area contributed by atoms with Crippen LogP contribution in [-0.2, 0) is 0 Å². The molecule has 0 amide bonds. The Labute approximate surface area is 122 Å². The highest BCUT2D eigenvalue weighted by atomic mass is 79.9. The van der Waals surface area contributed by atoms with Crippen molar-refractivity contribution in [2.45, 2.75) is 6.92 Å². The zero-order valence-electron chi connectivity index (χ0n) is 10.1. The summed E-state index contributed by atoms with van der Waals surface area (Å²) in [6.45, 7) is 2.05. The van der Waals surface area contributed by atoms with Crippen molar-refractivity contribution in [3.8, 4) is 0 Å². The number of nitrogens with one attached hydrogen (secondary N) is 1. The normalized spacial score (nSPS) is 10.9. The van der Waals surface area contributed by atoms with Crippen LogP contribution in [0.3, 0.4) is 0 Å². The van der Waals surface area contributed by atoms with Gasteiger partial charge in [0, 0.05) is 5.69 Å². The highest BCUT2D eigenvalue weighted by Gasteiger charge is 2.06. The summed E-state index contributed by atoms with van der Waals surface area (Å²) in [5, 5.41) is 3.89. The molecule has 0 saturated heterocycles. The molecule has 1 heterocycles. The first-order chi connectivity index (χ1) is 9.11. The van der Waals surface area contributed by atoms with Gasteiger partial charge in [-0.05, 0) is 58.7 Å². The van der Waals surface area contributed by atoms with E-state index in [2.05, 4.69) is 39.2 Å². The van der Waals surface area contributed by atoms with Crippen molar-refractivity contribution >= 4 is 48.3 Å². The zero-order valence-corrected chi connectivity index (χ0v) is 12.5. The molecule has 0 bridgehead atoms. The van der Waals surface area contributed by atoms with Crippen molar-refractivity contribution in [3.05, 3.63) is 52.3 Å². The number of anilines is 2. The van der Waals surface area contributed by atoms with Crippen molar-refractivity contribution < 1.29 is 4.39 Å². The lowest BCUT2D eigenvalue weighted by Crippen LogP contribution is -1.90. The van der Waals surface area contributed by atoms with E-state index in [1.165, 1.54) is 11.6 Å². The summed E-state index contributed by atoms with van der Waals surface area (Å²) in [7, 11) is 0. The van der Waals surface area contributed by atoms with E-state index in [0.717, 1.165) is 15.3 Å². The van der Waals surface area contributed by atoms with Gasteiger partial charge in [-0.3, -0.25) is 0 Å². The predicted molar refractivity (Wildman–Crippen MR) is 81.7 cm³/mol. The molecule has 1 N–H and O–H groups in total. The van der Waals surface area contributed by atoms with E-state index in [1.807, 2.05) is 18.2 Å². The Kier molecular flexibility index (Phi) is 3.24. The number of aryl methyl sites for hydroxylation is 1. The molecule has 3 rings (SSSR count). The van der Waals surface area contributed by atoms with Crippen molar-refractivity contribution in [2.75, 3.05) is 5.32 Å². The third-order valence-electron chi connectivity index (χ3n) is 2.71. The minimum atomic E-state index is -0.290. The standard InChI is InChI=1S/C14H10BrFN2S/c1-8-2-5-12-13(6-8)19-14(18-12)17-9-3-4-10(15)11(16)7-9/h2-7H,1H3,(H,17,18). The molecule has 1 aromatic heterocycles. The van der Waals surface area contributed by atoms with Crippen LogP contribution in [0.4, 0.5) is 15.2 Å². The molecular formula is C14H10BrFN2S. The average Bonchev–Trinajstić information content (AvgIpc) is 2.75. The molecule has 0 saturated carbocycles. The van der Waals surface area contributed by atoms with Crippen molar-refractivity contribution in [3.63, 3.8) is 0 Å². The molecule has 0 radical (unpaired) electrons. The van der Waals surface area contributed by atoms with Gasteiger partial charge < -0.3 is 5.32 Å². The van der Waals surface area contributed by atoms with Crippen LogP contribution >= 0.6 is 27.3 Å². The Hall–Kier alpha value is -1.46. The lowest BCUT2D eigenvalue weighted by molar-refractivity contribution is 0.622. The second-order valence-electron chi connectivity index (χ2n) is 4.24. The summed E-state index contributed by atoms with van der Waals surface area (Å²) in [4.78, 5) is 4.47. The number of hydrogen-bond acceptors (Lipinski definition) is 3. The fourth-order valence-corrected chi connectivity index (χ4v) is 3.01. The van der Waals surface area contributed by atoms with Gasteiger partial charge in [0.05, 0.1) is 14.7 Å². The van der Waals surface area contributed by atoms with Gasteiger partial charge in [-0.15, -0.1) is 0 Å². The minimum absolute atomic E-state index is 0.290. The number of rotatable bonds is 2. The Bertz CT molecular complexity index is 754. The van der Waals surface area contributed by atoms with Crippen LogP contribution in [0.15, 0.2) is 40.9 Å². The fourth-order valence-electron chi connectivity index (χ4n) is 1.78. The van der Waals surface area contributed by atoms with Gasteiger partial charge in [-0.2, -0.15) is 0 Å². The largest absolute Gasteiger partial charge is 0.331 e. The van der Waals surface area contributed by atoms with Crippen molar-refractivity contribution in [1.29, 1.82) is 0 Å². The van der Waals surface area contributed by atoms with Crippen LogP contribution in [0.25, 0.3) is 10.2 Å². The molecule has 0 atom stereocenters. The molecule has 0 aliphatic rings. The lowest BCUT2D eigenvalue weighted by atomic mass is 10.2. The smallest absolute Gasteiger partial charge is 0.188 e. The topological polar surface area (TPSA) is 24.9 Å². The van der Waals surface area contributed by atoms with Gasteiger partial charge in [-0.25, -0.2) is 9.37 Å². The summed E-state index contributed by atoms with van der Waals surface area (Å²) in [6, 6.07) is 11.1. The molecule has 3 aromatic rings. The third-order valence-corrected chi connectivity index (χ3v) is 4.29. The van der Waals surface area contributed by atoms with E-state index in [1.54, 1.807) is 17.4 Å².